The molecular formula is C13H15N3O2. The summed E-state index contributed by atoms with van der Waals surface area (Å²) >= 11 is 0. The number of hydrazone groups is 1. The summed E-state index contributed by atoms with van der Waals surface area (Å²) in [6.07, 6.45) is 3.51. The predicted octanol–water partition coefficient (Wildman–Crippen LogP) is 2.00. The standard InChI is InChI=1S/C13H15N3O2/c1-9-7-12(10(2)18-9)13(17)15-14-8-11-5-4-6-16(11)3/h4-8H,1-3H3,(H,15,17)/b14-8+. The molecule has 0 radical (unpaired) electrons. The summed E-state index contributed by atoms with van der Waals surface area (Å²) in [5.41, 5.74) is 3.90. The third-order valence-corrected chi connectivity index (χ3v) is 2.63. The van der Waals surface area contributed by atoms with E-state index in [2.05, 4.69) is 10.5 Å². The molecule has 0 fully saturated rings. The molecule has 5 heteroatoms. The van der Waals surface area contributed by atoms with E-state index in [0.717, 1.165) is 5.69 Å². The van der Waals surface area contributed by atoms with Gasteiger partial charge in [0.2, 0.25) is 0 Å². The van der Waals surface area contributed by atoms with E-state index in [1.165, 1.54) is 0 Å². The fourth-order valence-corrected chi connectivity index (χ4v) is 1.68. The Hall–Kier alpha value is -2.30. The molecular weight excluding hydrogens is 230 g/mol. The SMILES string of the molecule is Cc1cc(C(=O)N/N=C/c2cccn2C)c(C)o1. The highest BCUT2D eigenvalue weighted by Crippen LogP contribution is 2.13. The summed E-state index contributed by atoms with van der Waals surface area (Å²) < 4.78 is 7.20. The summed E-state index contributed by atoms with van der Waals surface area (Å²) in [6.45, 7) is 3.56. The molecule has 0 aliphatic rings. The summed E-state index contributed by atoms with van der Waals surface area (Å²) in [7, 11) is 1.91. The summed E-state index contributed by atoms with van der Waals surface area (Å²) in [6, 6.07) is 5.51. The lowest BCUT2D eigenvalue weighted by Gasteiger charge is -1.98. The van der Waals surface area contributed by atoms with E-state index < -0.39 is 0 Å². The number of aryl methyl sites for hydroxylation is 3. The van der Waals surface area contributed by atoms with Gasteiger partial charge in [-0.2, -0.15) is 5.10 Å². The number of furan rings is 1. The number of rotatable bonds is 3. The molecule has 0 aliphatic heterocycles. The average molecular weight is 245 g/mol. The fourth-order valence-electron chi connectivity index (χ4n) is 1.68. The Bertz CT molecular complexity index is 593. The van der Waals surface area contributed by atoms with Crippen LogP contribution in [-0.2, 0) is 7.05 Å². The van der Waals surface area contributed by atoms with Crippen LogP contribution in [0.15, 0.2) is 33.9 Å². The van der Waals surface area contributed by atoms with Crippen molar-refractivity contribution in [2.45, 2.75) is 13.8 Å². The van der Waals surface area contributed by atoms with Crippen LogP contribution in [-0.4, -0.2) is 16.7 Å². The second-order valence-corrected chi connectivity index (χ2v) is 4.07. The molecule has 2 rings (SSSR count). The summed E-state index contributed by atoms with van der Waals surface area (Å²) in [4.78, 5) is 11.8. The maximum absolute atomic E-state index is 11.8. The van der Waals surface area contributed by atoms with Gasteiger partial charge in [-0.1, -0.05) is 0 Å². The number of amides is 1. The van der Waals surface area contributed by atoms with Crippen LogP contribution >= 0.6 is 0 Å². The second-order valence-electron chi connectivity index (χ2n) is 4.07. The van der Waals surface area contributed by atoms with Gasteiger partial charge in [-0.25, -0.2) is 5.43 Å². The first-order chi connectivity index (χ1) is 8.58. The minimum Gasteiger partial charge on any atom is -0.466 e. The van der Waals surface area contributed by atoms with Crippen LogP contribution in [0, 0.1) is 13.8 Å². The van der Waals surface area contributed by atoms with E-state index in [-0.39, 0.29) is 5.91 Å². The Morgan fingerprint density at radius 2 is 2.28 bits per heavy atom. The molecule has 0 saturated heterocycles. The van der Waals surface area contributed by atoms with Crippen LogP contribution in [0.5, 0.6) is 0 Å². The first kappa shape index (κ1) is 12.2. The number of hydrogen-bond acceptors (Lipinski definition) is 3. The topological polar surface area (TPSA) is 59.5 Å². The average Bonchev–Trinajstić information content (AvgIpc) is 2.85. The lowest BCUT2D eigenvalue weighted by Crippen LogP contribution is -2.18. The number of nitrogens with zero attached hydrogens (tertiary/aromatic N) is 2. The van der Waals surface area contributed by atoms with Crippen molar-refractivity contribution in [2.75, 3.05) is 0 Å². The van der Waals surface area contributed by atoms with Crippen molar-refractivity contribution in [3.8, 4) is 0 Å². The van der Waals surface area contributed by atoms with E-state index in [1.54, 1.807) is 26.1 Å². The quantitative estimate of drug-likeness (QED) is 0.664. The zero-order chi connectivity index (χ0) is 13.1. The Morgan fingerprint density at radius 1 is 1.50 bits per heavy atom. The van der Waals surface area contributed by atoms with Crippen LogP contribution in [0.1, 0.15) is 27.6 Å². The highest BCUT2D eigenvalue weighted by atomic mass is 16.3. The number of carbonyl (C=O) groups excluding carboxylic acids is 1. The minimum absolute atomic E-state index is 0.269. The molecule has 0 aliphatic carbocycles. The molecule has 2 aromatic rings. The largest absolute Gasteiger partial charge is 0.466 e. The van der Waals surface area contributed by atoms with Crippen molar-refractivity contribution < 1.29 is 9.21 Å². The number of aromatic nitrogens is 1. The van der Waals surface area contributed by atoms with Crippen LogP contribution in [0.25, 0.3) is 0 Å². The van der Waals surface area contributed by atoms with Gasteiger partial charge in [0.25, 0.3) is 5.91 Å². The van der Waals surface area contributed by atoms with Crippen LogP contribution in [0.3, 0.4) is 0 Å². The third kappa shape index (κ3) is 2.51. The van der Waals surface area contributed by atoms with Crippen molar-refractivity contribution in [3.05, 3.63) is 47.2 Å². The Balaban J connectivity index is 2.03. The van der Waals surface area contributed by atoms with Crippen molar-refractivity contribution in [1.29, 1.82) is 0 Å². The number of hydrogen-bond donors (Lipinski definition) is 1. The maximum atomic E-state index is 11.8. The summed E-state index contributed by atoms with van der Waals surface area (Å²) in [5, 5.41) is 3.91. The number of nitrogens with one attached hydrogen (secondary N) is 1. The van der Waals surface area contributed by atoms with Crippen molar-refractivity contribution in [3.63, 3.8) is 0 Å². The lowest BCUT2D eigenvalue weighted by atomic mass is 10.2. The summed E-state index contributed by atoms with van der Waals surface area (Å²) in [5.74, 6) is 1.04. The minimum atomic E-state index is -0.269. The van der Waals surface area contributed by atoms with Gasteiger partial charge in [0.15, 0.2) is 0 Å². The van der Waals surface area contributed by atoms with Crippen molar-refractivity contribution >= 4 is 12.1 Å². The normalized spacial score (nSPS) is 11.1. The molecule has 0 saturated carbocycles. The lowest BCUT2D eigenvalue weighted by molar-refractivity contribution is 0.0953. The Labute approximate surface area is 105 Å². The molecule has 0 bridgehead atoms. The predicted molar refractivity (Wildman–Crippen MR) is 68.7 cm³/mol. The van der Waals surface area contributed by atoms with Crippen LogP contribution < -0.4 is 5.43 Å². The monoisotopic (exact) mass is 245 g/mol. The number of carbonyl (C=O) groups is 1. The van der Waals surface area contributed by atoms with Gasteiger partial charge in [0, 0.05) is 13.2 Å². The molecule has 2 aromatic heterocycles. The van der Waals surface area contributed by atoms with Gasteiger partial charge < -0.3 is 8.98 Å². The first-order valence-electron chi connectivity index (χ1n) is 5.59. The molecule has 2 heterocycles. The van der Waals surface area contributed by atoms with Crippen molar-refractivity contribution in [2.24, 2.45) is 12.1 Å². The Morgan fingerprint density at radius 3 is 2.83 bits per heavy atom. The highest BCUT2D eigenvalue weighted by Gasteiger charge is 2.12. The molecule has 1 N–H and O–H groups in total. The zero-order valence-electron chi connectivity index (χ0n) is 10.6. The van der Waals surface area contributed by atoms with E-state index >= 15 is 0 Å². The molecule has 18 heavy (non-hydrogen) atoms. The van der Waals surface area contributed by atoms with Gasteiger partial charge in [-0.15, -0.1) is 0 Å². The maximum Gasteiger partial charge on any atom is 0.274 e. The van der Waals surface area contributed by atoms with Crippen LogP contribution in [0.2, 0.25) is 0 Å². The van der Waals surface area contributed by atoms with Gasteiger partial charge in [-0.05, 0) is 32.0 Å². The van der Waals surface area contributed by atoms with E-state index in [0.29, 0.717) is 17.1 Å². The van der Waals surface area contributed by atoms with Crippen LogP contribution in [0.4, 0.5) is 0 Å². The third-order valence-electron chi connectivity index (χ3n) is 2.63. The van der Waals surface area contributed by atoms with E-state index in [9.17, 15) is 4.79 Å². The van der Waals surface area contributed by atoms with Gasteiger partial charge in [-0.3, -0.25) is 4.79 Å². The van der Waals surface area contributed by atoms with E-state index in [1.807, 2.05) is 29.9 Å². The molecule has 1 amide bonds. The molecule has 0 spiro atoms. The molecule has 94 valence electrons. The molecule has 0 atom stereocenters. The molecule has 5 nitrogen and oxygen atoms in total. The smallest absolute Gasteiger partial charge is 0.274 e. The van der Waals surface area contributed by atoms with E-state index in [4.69, 9.17) is 4.42 Å². The molecule has 0 aromatic carbocycles. The Kier molecular flexibility index (Phi) is 3.32. The highest BCUT2D eigenvalue weighted by molar-refractivity contribution is 5.95. The second kappa shape index (κ2) is 4.91. The van der Waals surface area contributed by atoms with Gasteiger partial charge >= 0.3 is 0 Å². The first-order valence-corrected chi connectivity index (χ1v) is 5.59. The van der Waals surface area contributed by atoms with Gasteiger partial charge in [0.1, 0.15) is 11.5 Å². The molecule has 0 unspecified atom stereocenters. The zero-order valence-corrected chi connectivity index (χ0v) is 10.6. The fraction of sp³-hybridized carbons (Fsp3) is 0.231. The van der Waals surface area contributed by atoms with Gasteiger partial charge in [0.05, 0.1) is 17.5 Å². The van der Waals surface area contributed by atoms with Crippen molar-refractivity contribution in [1.82, 2.24) is 9.99 Å².